The topological polar surface area (TPSA) is 74.8 Å². The summed E-state index contributed by atoms with van der Waals surface area (Å²) < 4.78 is 28.8. The lowest BCUT2D eigenvalue weighted by molar-refractivity contribution is -0.122. The third kappa shape index (κ3) is 4.83. The Hall–Kier alpha value is -1.93. The number of imide groups is 1. The Morgan fingerprint density at radius 1 is 1.09 bits per heavy atom. The van der Waals surface area contributed by atoms with E-state index in [0.717, 1.165) is 14.8 Å². The largest absolute Gasteiger partial charge is 0.274 e. The molecule has 6 nitrogen and oxygen atoms in total. The van der Waals surface area contributed by atoms with Gasteiger partial charge in [0.15, 0.2) is 0 Å². The van der Waals surface area contributed by atoms with E-state index in [4.69, 9.17) is 23.2 Å². The zero-order valence-corrected chi connectivity index (χ0v) is 21.6. The summed E-state index contributed by atoms with van der Waals surface area (Å²) >= 11 is 12.3. The maximum absolute atomic E-state index is 13.8. The highest BCUT2D eigenvalue weighted by atomic mass is 35.5. The maximum Gasteiger partial charge on any atom is 0.252 e. The first-order valence-corrected chi connectivity index (χ1v) is 13.0. The van der Waals surface area contributed by atoms with Gasteiger partial charge in [0.25, 0.3) is 5.91 Å². The van der Waals surface area contributed by atoms with Gasteiger partial charge in [-0.2, -0.15) is 4.31 Å². The number of hydrogen-bond donors (Lipinski definition) is 0. The standard InChI is InChI=1S/C24H28Cl2N2O4S/c1-6-24(4,5)28(33(31,32)21-13-17(25)9-12-19(21)26)20-14-22(29)27(23(20)30)18-10-7-16(8-11-18)15(2)3/h7-13,15,20H,6,14H2,1-5H3. The molecule has 0 N–H and O–H groups in total. The minimum absolute atomic E-state index is 0.00536. The van der Waals surface area contributed by atoms with Crippen molar-refractivity contribution in [1.82, 2.24) is 4.31 Å². The molecule has 2 aromatic rings. The first-order valence-electron chi connectivity index (χ1n) is 10.8. The minimum Gasteiger partial charge on any atom is -0.274 e. The van der Waals surface area contributed by atoms with Crippen LogP contribution in [-0.2, 0) is 19.6 Å². The second-order valence-corrected chi connectivity index (χ2v) is 11.7. The predicted molar refractivity (Wildman–Crippen MR) is 131 cm³/mol. The number of amides is 2. The molecule has 9 heteroatoms. The van der Waals surface area contributed by atoms with E-state index in [0.29, 0.717) is 18.0 Å². The monoisotopic (exact) mass is 510 g/mol. The molecule has 0 bridgehead atoms. The smallest absolute Gasteiger partial charge is 0.252 e. The van der Waals surface area contributed by atoms with Crippen LogP contribution in [0.25, 0.3) is 0 Å². The maximum atomic E-state index is 13.8. The van der Waals surface area contributed by atoms with Gasteiger partial charge in [-0.15, -0.1) is 0 Å². The van der Waals surface area contributed by atoms with Gasteiger partial charge in [0.05, 0.1) is 17.1 Å². The van der Waals surface area contributed by atoms with E-state index < -0.39 is 33.4 Å². The second kappa shape index (κ2) is 9.37. The van der Waals surface area contributed by atoms with Crippen molar-refractivity contribution in [3.05, 3.63) is 58.1 Å². The van der Waals surface area contributed by atoms with Crippen LogP contribution < -0.4 is 4.90 Å². The number of carbonyl (C=O) groups is 2. The van der Waals surface area contributed by atoms with E-state index in [1.54, 1.807) is 26.0 Å². The number of sulfonamides is 1. The number of hydrogen-bond acceptors (Lipinski definition) is 4. The zero-order valence-electron chi connectivity index (χ0n) is 19.3. The van der Waals surface area contributed by atoms with E-state index in [-0.39, 0.29) is 21.4 Å². The van der Waals surface area contributed by atoms with E-state index >= 15 is 0 Å². The van der Waals surface area contributed by atoms with Crippen LogP contribution in [0, 0.1) is 0 Å². The molecule has 0 spiro atoms. The van der Waals surface area contributed by atoms with E-state index in [9.17, 15) is 18.0 Å². The normalized spacial score (nSPS) is 17.5. The van der Waals surface area contributed by atoms with E-state index in [1.807, 2.05) is 32.9 Å². The summed E-state index contributed by atoms with van der Waals surface area (Å²) in [7, 11) is -4.27. The van der Waals surface area contributed by atoms with Gasteiger partial charge in [-0.3, -0.25) is 9.59 Å². The molecule has 33 heavy (non-hydrogen) atoms. The van der Waals surface area contributed by atoms with Crippen LogP contribution in [0.5, 0.6) is 0 Å². The molecular formula is C24H28Cl2N2O4S. The molecule has 178 valence electrons. The predicted octanol–water partition coefficient (Wildman–Crippen LogP) is 5.63. The quantitative estimate of drug-likeness (QED) is 0.452. The van der Waals surface area contributed by atoms with Crippen molar-refractivity contribution in [1.29, 1.82) is 0 Å². The zero-order chi connectivity index (χ0) is 24.7. The van der Waals surface area contributed by atoms with Crippen molar-refractivity contribution >= 4 is 50.7 Å². The van der Waals surface area contributed by atoms with Gasteiger partial charge in [-0.05, 0) is 62.1 Å². The van der Waals surface area contributed by atoms with Gasteiger partial charge < -0.3 is 0 Å². The summed E-state index contributed by atoms with van der Waals surface area (Å²) in [6.45, 7) is 9.37. The molecular weight excluding hydrogens is 483 g/mol. The van der Waals surface area contributed by atoms with Crippen molar-refractivity contribution in [2.24, 2.45) is 0 Å². The molecule has 2 amide bonds. The van der Waals surface area contributed by atoms with Crippen molar-refractivity contribution in [3.63, 3.8) is 0 Å². The van der Waals surface area contributed by atoms with Gasteiger partial charge >= 0.3 is 0 Å². The minimum atomic E-state index is -4.27. The Labute approximate surface area is 205 Å². The summed E-state index contributed by atoms with van der Waals surface area (Å²) in [5.41, 5.74) is 0.522. The third-order valence-corrected chi connectivity index (χ3v) is 8.95. The molecule has 2 aromatic carbocycles. The number of carbonyl (C=O) groups excluding carboxylic acids is 2. The fraction of sp³-hybridized carbons (Fsp3) is 0.417. The van der Waals surface area contributed by atoms with Gasteiger partial charge in [-0.25, -0.2) is 13.3 Å². The Balaban J connectivity index is 2.08. The summed E-state index contributed by atoms with van der Waals surface area (Å²) in [5.74, 6) is -0.739. The van der Waals surface area contributed by atoms with E-state index in [1.165, 1.54) is 18.2 Å². The van der Waals surface area contributed by atoms with Crippen molar-refractivity contribution in [2.45, 2.75) is 69.9 Å². The van der Waals surface area contributed by atoms with Gasteiger partial charge in [0.1, 0.15) is 10.9 Å². The highest BCUT2D eigenvalue weighted by Crippen LogP contribution is 2.38. The molecule has 0 saturated carbocycles. The molecule has 1 saturated heterocycles. The number of benzene rings is 2. The molecule has 1 atom stereocenters. The molecule has 1 fully saturated rings. The number of halogens is 2. The Morgan fingerprint density at radius 3 is 2.24 bits per heavy atom. The Bertz CT molecular complexity index is 1180. The fourth-order valence-corrected chi connectivity index (χ4v) is 6.66. The SMILES string of the molecule is CCC(C)(C)N(C1CC(=O)N(c2ccc(C(C)C)cc2)C1=O)S(=O)(=O)c1cc(Cl)ccc1Cl. The van der Waals surface area contributed by atoms with Crippen LogP contribution in [0.1, 0.15) is 58.9 Å². The second-order valence-electron chi connectivity index (χ2n) is 9.08. The summed E-state index contributed by atoms with van der Waals surface area (Å²) in [6, 6.07) is 10.1. The molecule has 1 unspecified atom stereocenters. The molecule has 1 aliphatic heterocycles. The molecule has 3 rings (SSSR count). The average molecular weight is 511 g/mol. The molecule has 0 aliphatic carbocycles. The van der Waals surface area contributed by atoms with Crippen molar-refractivity contribution < 1.29 is 18.0 Å². The van der Waals surface area contributed by atoms with Crippen LogP contribution in [0.4, 0.5) is 5.69 Å². The summed E-state index contributed by atoms with van der Waals surface area (Å²) in [5, 5.41) is 0.196. The van der Waals surface area contributed by atoms with Crippen LogP contribution in [0.2, 0.25) is 10.0 Å². The van der Waals surface area contributed by atoms with Gasteiger partial charge in [0, 0.05) is 10.6 Å². The molecule has 1 heterocycles. The van der Waals surface area contributed by atoms with Gasteiger partial charge in [-0.1, -0.05) is 56.1 Å². The molecule has 0 radical (unpaired) electrons. The van der Waals surface area contributed by atoms with E-state index in [2.05, 4.69) is 0 Å². The van der Waals surface area contributed by atoms with Crippen LogP contribution in [0.15, 0.2) is 47.4 Å². The summed E-state index contributed by atoms with van der Waals surface area (Å²) in [6.07, 6.45) is 0.150. The van der Waals surface area contributed by atoms with Crippen LogP contribution in [-0.4, -0.2) is 36.1 Å². The first kappa shape index (κ1) is 25.7. The average Bonchev–Trinajstić information content (AvgIpc) is 3.02. The number of nitrogens with zero attached hydrogens (tertiary/aromatic N) is 2. The number of rotatable bonds is 7. The lowest BCUT2D eigenvalue weighted by Crippen LogP contribution is -2.55. The van der Waals surface area contributed by atoms with Crippen LogP contribution in [0.3, 0.4) is 0 Å². The third-order valence-electron chi connectivity index (χ3n) is 6.12. The summed E-state index contributed by atoms with van der Waals surface area (Å²) in [4.78, 5) is 27.3. The highest BCUT2D eigenvalue weighted by Gasteiger charge is 2.51. The lowest BCUT2D eigenvalue weighted by atomic mass is 10.00. The van der Waals surface area contributed by atoms with Crippen LogP contribution >= 0.6 is 23.2 Å². The Kier molecular flexibility index (Phi) is 7.30. The first-order chi connectivity index (χ1) is 15.3. The number of anilines is 1. The van der Waals surface area contributed by atoms with Gasteiger partial charge in [0.2, 0.25) is 15.9 Å². The Morgan fingerprint density at radius 2 is 1.70 bits per heavy atom. The van der Waals surface area contributed by atoms with Crippen molar-refractivity contribution in [2.75, 3.05) is 4.90 Å². The lowest BCUT2D eigenvalue weighted by Gasteiger charge is -2.39. The molecule has 0 aromatic heterocycles. The van der Waals surface area contributed by atoms with Crippen molar-refractivity contribution in [3.8, 4) is 0 Å². The fourth-order valence-electron chi connectivity index (χ4n) is 3.93. The molecule has 1 aliphatic rings. The highest BCUT2D eigenvalue weighted by molar-refractivity contribution is 7.89.